The van der Waals surface area contributed by atoms with Crippen LogP contribution in [0.25, 0.3) is 5.69 Å². The van der Waals surface area contributed by atoms with Gasteiger partial charge in [-0.1, -0.05) is 22.0 Å². The zero-order valence-electron chi connectivity index (χ0n) is 10.1. The molecule has 0 N–H and O–H groups in total. The summed E-state index contributed by atoms with van der Waals surface area (Å²) < 4.78 is 24.3. The van der Waals surface area contributed by atoms with Crippen LogP contribution in [0, 0.1) is 6.92 Å². The molecule has 0 aliphatic rings. The lowest BCUT2D eigenvalue weighted by molar-refractivity contribution is 0.602. The summed E-state index contributed by atoms with van der Waals surface area (Å²) >= 11 is 3.42. The maximum atomic E-state index is 11.4. The molecule has 6 heteroatoms. The Morgan fingerprint density at radius 2 is 2.11 bits per heavy atom. The number of nitrogens with zero attached hydrogens (tertiary/aromatic N) is 2. The van der Waals surface area contributed by atoms with Crippen LogP contribution < -0.4 is 0 Å². The van der Waals surface area contributed by atoms with E-state index in [1.54, 1.807) is 4.68 Å². The molecule has 1 aromatic carbocycles. The number of rotatable bonds is 3. The Kier molecular flexibility index (Phi) is 3.59. The van der Waals surface area contributed by atoms with Crippen LogP contribution in [-0.2, 0) is 15.2 Å². The third-order valence-electron chi connectivity index (χ3n) is 2.72. The molecule has 0 atom stereocenters. The molecule has 0 spiro atoms. The van der Waals surface area contributed by atoms with Crippen LogP contribution in [0.5, 0.6) is 0 Å². The van der Waals surface area contributed by atoms with Gasteiger partial charge in [0.05, 0.1) is 11.9 Å². The summed E-state index contributed by atoms with van der Waals surface area (Å²) in [5.74, 6) is 0. The van der Waals surface area contributed by atoms with Crippen molar-refractivity contribution in [3.05, 3.63) is 41.7 Å². The van der Waals surface area contributed by atoms with Crippen LogP contribution in [0.3, 0.4) is 0 Å². The molecule has 96 valence electrons. The van der Waals surface area contributed by atoms with Gasteiger partial charge >= 0.3 is 0 Å². The van der Waals surface area contributed by atoms with E-state index < -0.39 is 9.84 Å². The summed E-state index contributed by atoms with van der Waals surface area (Å²) in [5, 5.41) is 4.87. The van der Waals surface area contributed by atoms with Crippen molar-refractivity contribution in [3.8, 4) is 5.69 Å². The minimum absolute atomic E-state index is 0.227. The molecule has 1 heterocycles. The van der Waals surface area contributed by atoms with Crippen molar-refractivity contribution in [2.75, 3.05) is 6.26 Å². The van der Waals surface area contributed by atoms with Crippen molar-refractivity contribution in [2.45, 2.75) is 17.1 Å². The summed E-state index contributed by atoms with van der Waals surface area (Å²) in [7, 11) is -3.20. The molecule has 0 unspecified atom stereocenters. The van der Waals surface area contributed by atoms with Gasteiger partial charge in [0.1, 0.15) is 4.90 Å². The Balaban J connectivity index is 2.44. The van der Waals surface area contributed by atoms with Gasteiger partial charge in [-0.05, 0) is 30.2 Å². The molecule has 0 radical (unpaired) electrons. The van der Waals surface area contributed by atoms with Gasteiger partial charge in [0, 0.05) is 17.8 Å². The minimum atomic E-state index is -3.20. The average Bonchev–Trinajstić information content (AvgIpc) is 2.77. The summed E-state index contributed by atoms with van der Waals surface area (Å²) in [4.78, 5) is 0.227. The maximum Gasteiger partial charge on any atom is 0.178 e. The van der Waals surface area contributed by atoms with E-state index in [4.69, 9.17) is 0 Å². The van der Waals surface area contributed by atoms with Gasteiger partial charge in [-0.25, -0.2) is 13.1 Å². The molecule has 0 saturated carbocycles. The maximum absolute atomic E-state index is 11.4. The standard InChI is InChI=1S/C12H13BrN2O2S/c1-9-5-11(4-3-10(9)6-13)15-8-12(7-14-15)18(2,16)17/h3-5,7-8H,6H2,1-2H3. The first-order valence-electron chi connectivity index (χ1n) is 5.32. The van der Waals surface area contributed by atoms with E-state index in [2.05, 4.69) is 21.0 Å². The van der Waals surface area contributed by atoms with E-state index in [-0.39, 0.29) is 4.90 Å². The van der Waals surface area contributed by atoms with Crippen LogP contribution in [0.15, 0.2) is 35.5 Å². The highest BCUT2D eigenvalue weighted by Gasteiger charge is 2.11. The van der Waals surface area contributed by atoms with Crippen LogP contribution in [-0.4, -0.2) is 24.5 Å². The molecular formula is C12H13BrN2O2S. The molecule has 0 aliphatic carbocycles. The van der Waals surface area contributed by atoms with Crippen molar-refractivity contribution < 1.29 is 8.42 Å². The van der Waals surface area contributed by atoms with E-state index in [0.29, 0.717) is 0 Å². The van der Waals surface area contributed by atoms with Crippen LogP contribution in [0.2, 0.25) is 0 Å². The fraction of sp³-hybridized carbons (Fsp3) is 0.250. The fourth-order valence-corrected chi connectivity index (χ4v) is 2.77. The molecule has 0 amide bonds. The molecule has 2 rings (SSSR count). The van der Waals surface area contributed by atoms with Crippen LogP contribution in [0.1, 0.15) is 11.1 Å². The lowest BCUT2D eigenvalue weighted by atomic mass is 10.1. The molecular weight excluding hydrogens is 316 g/mol. The average molecular weight is 329 g/mol. The number of hydrogen-bond acceptors (Lipinski definition) is 3. The van der Waals surface area contributed by atoms with Gasteiger partial charge in [-0.3, -0.25) is 0 Å². The van der Waals surface area contributed by atoms with Crippen LogP contribution >= 0.6 is 15.9 Å². The van der Waals surface area contributed by atoms with Gasteiger partial charge in [-0.15, -0.1) is 0 Å². The highest BCUT2D eigenvalue weighted by atomic mass is 79.9. The lowest BCUT2D eigenvalue weighted by Gasteiger charge is -2.06. The first kappa shape index (κ1) is 13.3. The van der Waals surface area contributed by atoms with Gasteiger partial charge in [0.2, 0.25) is 0 Å². The van der Waals surface area contributed by atoms with Gasteiger partial charge in [-0.2, -0.15) is 5.10 Å². The molecule has 0 saturated heterocycles. The number of halogens is 1. The highest BCUT2D eigenvalue weighted by Crippen LogP contribution is 2.18. The fourth-order valence-electron chi connectivity index (χ4n) is 1.61. The quantitative estimate of drug-likeness (QED) is 0.813. The van der Waals surface area contributed by atoms with Crippen molar-refractivity contribution in [3.63, 3.8) is 0 Å². The molecule has 0 aliphatic heterocycles. The SMILES string of the molecule is Cc1cc(-n2cc(S(C)(=O)=O)cn2)ccc1CBr. The first-order valence-corrected chi connectivity index (χ1v) is 8.33. The molecule has 0 fully saturated rings. The smallest absolute Gasteiger partial charge is 0.178 e. The summed E-state index contributed by atoms with van der Waals surface area (Å²) in [6.07, 6.45) is 4.06. The Morgan fingerprint density at radius 1 is 1.39 bits per heavy atom. The topological polar surface area (TPSA) is 52.0 Å². The van der Waals surface area contributed by atoms with E-state index in [1.807, 2.05) is 25.1 Å². The highest BCUT2D eigenvalue weighted by molar-refractivity contribution is 9.08. The largest absolute Gasteiger partial charge is 0.240 e. The van der Waals surface area contributed by atoms with Crippen molar-refractivity contribution in [2.24, 2.45) is 0 Å². The van der Waals surface area contributed by atoms with Gasteiger partial charge in [0.15, 0.2) is 9.84 Å². The minimum Gasteiger partial charge on any atom is -0.240 e. The lowest BCUT2D eigenvalue weighted by Crippen LogP contribution is -1.97. The number of sulfone groups is 1. The Labute approximate surface area is 115 Å². The third-order valence-corrected chi connectivity index (χ3v) is 4.39. The third kappa shape index (κ3) is 2.64. The second kappa shape index (κ2) is 4.85. The van der Waals surface area contributed by atoms with E-state index in [9.17, 15) is 8.42 Å². The Hall–Kier alpha value is -1.14. The normalized spacial score (nSPS) is 11.7. The van der Waals surface area contributed by atoms with Gasteiger partial charge in [0.25, 0.3) is 0 Å². The summed E-state index contributed by atoms with van der Waals surface area (Å²) in [5.41, 5.74) is 3.20. The van der Waals surface area contributed by atoms with Crippen LogP contribution in [0.4, 0.5) is 0 Å². The Bertz CT molecular complexity index is 677. The van der Waals surface area contributed by atoms with Crippen molar-refractivity contribution in [1.29, 1.82) is 0 Å². The zero-order chi connectivity index (χ0) is 13.3. The monoisotopic (exact) mass is 328 g/mol. The molecule has 2 aromatic rings. The number of hydrogen-bond donors (Lipinski definition) is 0. The predicted octanol–water partition coefficient (Wildman–Crippen LogP) is 2.48. The number of aryl methyl sites for hydroxylation is 1. The number of benzene rings is 1. The summed E-state index contributed by atoms with van der Waals surface area (Å²) in [6.45, 7) is 2.01. The van der Waals surface area contributed by atoms with Crippen molar-refractivity contribution in [1.82, 2.24) is 9.78 Å². The summed E-state index contributed by atoms with van der Waals surface area (Å²) in [6, 6.07) is 5.90. The number of alkyl halides is 1. The molecule has 18 heavy (non-hydrogen) atoms. The second-order valence-corrected chi connectivity index (χ2v) is 6.71. The Morgan fingerprint density at radius 3 is 2.61 bits per heavy atom. The predicted molar refractivity (Wildman–Crippen MR) is 74.0 cm³/mol. The zero-order valence-corrected chi connectivity index (χ0v) is 12.5. The van der Waals surface area contributed by atoms with E-state index in [0.717, 1.165) is 16.6 Å². The molecule has 0 bridgehead atoms. The van der Waals surface area contributed by atoms with Crippen molar-refractivity contribution >= 4 is 25.8 Å². The van der Waals surface area contributed by atoms with E-state index in [1.165, 1.54) is 24.2 Å². The van der Waals surface area contributed by atoms with Gasteiger partial charge < -0.3 is 0 Å². The molecule has 4 nitrogen and oxygen atoms in total. The first-order chi connectivity index (χ1) is 8.41. The number of aromatic nitrogens is 2. The molecule has 1 aromatic heterocycles. The van der Waals surface area contributed by atoms with E-state index >= 15 is 0 Å². The second-order valence-electron chi connectivity index (χ2n) is 4.14.